The molecule has 1 saturated carbocycles. The Hall–Kier alpha value is -3.83. The van der Waals surface area contributed by atoms with Gasteiger partial charge in [0.25, 0.3) is 0 Å². The lowest BCUT2D eigenvalue weighted by atomic mass is 9.77. The number of ketones is 1. The number of hydrogen-bond acceptors (Lipinski definition) is 6. The summed E-state index contributed by atoms with van der Waals surface area (Å²) in [6.45, 7) is 0. The van der Waals surface area contributed by atoms with Gasteiger partial charge in [0.1, 0.15) is 6.04 Å². The maximum absolute atomic E-state index is 14.1. The lowest BCUT2D eigenvalue weighted by Crippen LogP contribution is -2.46. The number of rotatable bonds is 6. The monoisotopic (exact) mass is 499 g/mol. The quantitative estimate of drug-likeness (QED) is 0.487. The molecule has 3 aromatic rings. The first-order chi connectivity index (χ1) is 17.5. The standard InChI is InChI=1S/C28H25N3O4S/c29-15-17-9-11-18(12-10-17)22-23(26(32)21-8-4-14-36-21)24(20-7-3-13-30-16-20)31(25(22)28(34)35)27(33)19-5-1-2-6-19/h3-4,7-14,16,19,22-25H,1-2,5-6H2,(H,34,35). The first-order valence-electron chi connectivity index (χ1n) is 12.0. The SMILES string of the molecule is N#Cc1ccc(C2C(C(=O)c3cccs3)C(c3cccnc3)N(C(=O)C3CCCC3)C2C(=O)O)cc1. The van der Waals surface area contributed by atoms with Crippen molar-refractivity contribution in [3.63, 3.8) is 0 Å². The van der Waals surface area contributed by atoms with Gasteiger partial charge in [-0.2, -0.15) is 5.26 Å². The summed E-state index contributed by atoms with van der Waals surface area (Å²) in [6.07, 6.45) is 6.52. The Bertz CT molecular complexity index is 1290. The largest absolute Gasteiger partial charge is 0.480 e. The number of carboxylic acids is 1. The number of pyridine rings is 1. The van der Waals surface area contributed by atoms with Crippen molar-refractivity contribution in [2.75, 3.05) is 0 Å². The number of carbonyl (C=O) groups excluding carboxylic acids is 2. The second-order valence-corrected chi connectivity index (χ2v) is 10.3. The lowest BCUT2D eigenvalue weighted by molar-refractivity contribution is -0.152. The topological polar surface area (TPSA) is 111 Å². The van der Waals surface area contributed by atoms with Crippen LogP contribution in [0.25, 0.3) is 0 Å². The van der Waals surface area contributed by atoms with Crippen LogP contribution in [0.5, 0.6) is 0 Å². The number of aromatic nitrogens is 1. The van der Waals surface area contributed by atoms with Gasteiger partial charge in [-0.15, -0.1) is 11.3 Å². The number of aliphatic carboxylic acids is 1. The van der Waals surface area contributed by atoms with Gasteiger partial charge >= 0.3 is 5.97 Å². The van der Waals surface area contributed by atoms with E-state index in [1.807, 2.05) is 5.38 Å². The van der Waals surface area contributed by atoms with Gasteiger partial charge in [0.2, 0.25) is 5.91 Å². The molecule has 0 spiro atoms. The van der Waals surface area contributed by atoms with Crippen LogP contribution in [0.15, 0.2) is 66.3 Å². The van der Waals surface area contributed by atoms with Gasteiger partial charge in [-0.05, 0) is 53.6 Å². The van der Waals surface area contributed by atoms with Gasteiger partial charge < -0.3 is 10.0 Å². The van der Waals surface area contributed by atoms with Crippen LogP contribution in [-0.4, -0.2) is 38.7 Å². The molecule has 1 amide bonds. The highest BCUT2D eigenvalue weighted by molar-refractivity contribution is 7.12. The molecule has 4 unspecified atom stereocenters. The minimum Gasteiger partial charge on any atom is -0.480 e. The smallest absolute Gasteiger partial charge is 0.327 e. The fourth-order valence-electron chi connectivity index (χ4n) is 5.82. The van der Waals surface area contributed by atoms with E-state index in [4.69, 9.17) is 0 Å². The molecule has 4 atom stereocenters. The van der Waals surface area contributed by atoms with Gasteiger partial charge in [0.15, 0.2) is 5.78 Å². The van der Waals surface area contributed by atoms with E-state index >= 15 is 0 Å². The van der Waals surface area contributed by atoms with Gasteiger partial charge in [0, 0.05) is 24.2 Å². The second-order valence-electron chi connectivity index (χ2n) is 9.37. The number of benzene rings is 1. The molecule has 1 aromatic carbocycles. The predicted molar refractivity (Wildman–Crippen MR) is 133 cm³/mol. The Morgan fingerprint density at radius 1 is 1.03 bits per heavy atom. The van der Waals surface area contributed by atoms with Crippen molar-refractivity contribution in [1.82, 2.24) is 9.88 Å². The average Bonchev–Trinajstić information content (AvgIpc) is 3.68. The first-order valence-corrected chi connectivity index (χ1v) is 12.9. The van der Waals surface area contributed by atoms with Crippen molar-refractivity contribution in [1.29, 1.82) is 5.26 Å². The zero-order valence-electron chi connectivity index (χ0n) is 19.5. The van der Waals surface area contributed by atoms with E-state index in [0.29, 0.717) is 34.4 Å². The lowest BCUT2D eigenvalue weighted by Gasteiger charge is -2.32. The van der Waals surface area contributed by atoms with E-state index < -0.39 is 29.9 Å². The number of amides is 1. The van der Waals surface area contributed by atoms with Crippen molar-refractivity contribution in [2.24, 2.45) is 11.8 Å². The number of Topliss-reactive ketones (excluding diaryl/α,β-unsaturated/α-hetero) is 1. The summed E-state index contributed by atoms with van der Waals surface area (Å²) in [5.74, 6) is -3.43. The summed E-state index contributed by atoms with van der Waals surface area (Å²) in [5, 5.41) is 21.6. The zero-order valence-corrected chi connectivity index (χ0v) is 20.3. The summed E-state index contributed by atoms with van der Waals surface area (Å²) >= 11 is 1.30. The summed E-state index contributed by atoms with van der Waals surface area (Å²) < 4.78 is 0. The Balaban J connectivity index is 1.72. The molecule has 1 aliphatic heterocycles. The molecular formula is C28H25N3O4S. The zero-order chi connectivity index (χ0) is 25.2. The Kier molecular flexibility index (Phi) is 6.66. The van der Waals surface area contributed by atoms with Crippen LogP contribution >= 0.6 is 11.3 Å². The first kappa shape index (κ1) is 23.9. The molecule has 3 heterocycles. The van der Waals surface area contributed by atoms with Crippen LogP contribution in [0.3, 0.4) is 0 Å². The molecule has 182 valence electrons. The number of carboxylic acid groups (broad SMARTS) is 1. The molecule has 0 bridgehead atoms. The van der Waals surface area contributed by atoms with E-state index in [1.165, 1.54) is 16.2 Å². The van der Waals surface area contributed by atoms with Gasteiger partial charge in [0.05, 0.1) is 28.5 Å². The van der Waals surface area contributed by atoms with Crippen molar-refractivity contribution >= 4 is 29.0 Å². The summed E-state index contributed by atoms with van der Waals surface area (Å²) in [4.78, 5) is 47.2. The minimum absolute atomic E-state index is 0.193. The number of likely N-dealkylation sites (tertiary alicyclic amines) is 1. The molecule has 1 aliphatic carbocycles. The maximum Gasteiger partial charge on any atom is 0.327 e. The minimum atomic E-state index is -1.23. The number of thiophene rings is 1. The van der Waals surface area contributed by atoms with Crippen molar-refractivity contribution in [3.05, 3.63) is 87.9 Å². The molecule has 8 heteroatoms. The third kappa shape index (κ3) is 4.20. The van der Waals surface area contributed by atoms with Crippen LogP contribution in [0.4, 0.5) is 0 Å². The molecule has 1 N–H and O–H groups in total. The highest BCUT2D eigenvalue weighted by Gasteiger charge is 2.58. The van der Waals surface area contributed by atoms with Crippen LogP contribution in [0.1, 0.15) is 64.0 Å². The summed E-state index contributed by atoms with van der Waals surface area (Å²) in [7, 11) is 0. The Morgan fingerprint density at radius 3 is 2.36 bits per heavy atom. The molecular weight excluding hydrogens is 474 g/mol. The van der Waals surface area contributed by atoms with E-state index in [9.17, 15) is 24.8 Å². The van der Waals surface area contributed by atoms with Gasteiger partial charge in [-0.1, -0.05) is 37.1 Å². The second kappa shape index (κ2) is 10.0. The fourth-order valence-corrected chi connectivity index (χ4v) is 6.53. The van der Waals surface area contributed by atoms with Crippen molar-refractivity contribution in [3.8, 4) is 6.07 Å². The van der Waals surface area contributed by atoms with E-state index in [0.717, 1.165) is 12.8 Å². The molecule has 2 aromatic heterocycles. The van der Waals surface area contributed by atoms with Crippen LogP contribution in [0, 0.1) is 23.2 Å². The third-order valence-electron chi connectivity index (χ3n) is 7.40. The predicted octanol–water partition coefficient (Wildman–Crippen LogP) is 4.82. The van der Waals surface area contributed by atoms with Crippen molar-refractivity contribution in [2.45, 2.75) is 43.7 Å². The molecule has 1 saturated heterocycles. The van der Waals surface area contributed by atoms with Crippen LogP contribution < -0.4 is 0 Å². The Labute approximate surface area is 213 Å². The van der Waals surface area contributed by atoms with Crippen LogP contribution in [0.2, 0.25) is 0 Å². The average molecular weight is 500 g/mol. The molecule has 7 nitrogen and oxygen atoms in total. The van der Waals surface area contributed by atoms with Crippen LogP contribution in [-0.2, 0) is 9.59 Å². The highest BCUT2D eigenvalue weighted by atomic mass is 32.1. The highest BCUT2D eigenvalue weighted by Crippen LogP contribution is 2.52. The number of nitriles is 1. The molecule has 0 radical (unpaired) electrons. The molecule has 2 aliphatic rings. The normalized spacial score (nSPS) is 23.9. The number of carbonyl (C=O) groups is 3. The molecule has 2 fully saturated rings. The maximum atomic E-state index is 14.1. The number of nitrogens with zero attached hydrogens (tertiary/aromatic N) is 3. The van der Waals surface area contributed by atoms with Crippen molar-refractivity contribution < 1.29 is 19.5 Å². The van der Waals surface area contributed by atoms with E-state index in [-0.39, 0.29) is 17.6 Å². The van der Waals surface area contributed by atoms with Gasteiger partial charge in [-0.25, -0.2) is 4.79 Å². The molecule has 5 rings (SSSR count). The third-order valence-corrected chi connectivity index (χ3v) is 8.28. The van der Waals surface area contributed by atoms with E-state index in [1.54, 1.807) is 60.9 Å². The Morgan fingerprint density at radius 2 is 1.78 bits per heavy atom. The molecule has 36 heavy (non-hydrogen) atoms. The van der Waals surface area contributed by atoms with E-state index in [2.05, 4.69) is 11.1 Å². The summed E-state index contributed by atoms with van der Waals surface area (Å²) in [6, 6.07) is 13.8. The van der Waals surface area contributed by atoms with Gasteiger partial charge in [-0.3, -0.25) is 14.6 Å². The summed E-state index contributed by atoms with van der Waals surface area (Å²) in [5.41, 5.74) is 1.69. The number of hydrogen-bond donors (Lipinski definition) is 1. The fraction of sp³-hybridized carbons (Fsp3) is 0.321.